The lowest BCUT2D eigenvalue weighted by Gasteiger charge is -2.05. The molecule has 0 N–H and O–H groups in total. The highest BCUT2D eigenvalue weighted by Crippen LogP contribution is 2.09. The van der Waals surface area contributed by atoms with E-state index >= 15 is 0 Å². The Morgan fingerprint density at radius 3 is 2.80 bits per heavy atom. The van der Waals surface area contributed by atoms with Gasteiger partial charge < -0.3 is 4.74 Å². The van der Waals surface area contributed by atoms with Gasteiger partial charge in [-0.05, 0) is 6.92 Å². The minimum absolute atomic E-state index is 0.123. The summed E-state index contributed by atoms with van der Waals surface area (Å²) in [7, 11) is 0. The van der Waals surface area contributed by atoms with E-state index in [2.05, 4.69) is 0 Å². The Morgan fingerprint density at radius 1 is 1.40 bits per heavy atom. The molecule has 1 fully saturated rings. The summed E-state index contributed by atoms with van der Waals surface area (Å²) in [6, 6.07) is 0. The molecule has 0 aromatic carbocycles. The molecule has 0 aromatic heterocycles. The Morgan fingerprint density at radius 2 is 2.10 bits per heavy atom. The lowest BCUT2D eigenvalue weighted by atomic mass is 10.1. The second kappa shape index (κ2) is 2.82. The van der Waals surface area contributed by atoms with Crippen LogP contribution in [0.25, 0.3) is 0 Å². The summed E-state index contributed by atoms with van der Waals surface area (Å²) in [5.41, 5.74) is 0. The molecule has 1 rings (SSSR count). The molecule has 0 spiro atoms. The van der Waals surface area contributed by atoms with Gasteiger partial charge in [0.15, 0.2) is 0 Å². The summed E-state index contributed by atoms with van der Waals surface area (Å²) in [5.74, 6) is -0.128. The molecule has 0 saturated carbocycles. The molecule has 3 nitrogen and oxygen atoms in total. The van der Waals surface area contributed by atoms with Crippen LogP contribution in [0.5, 0.6) is 0 Å². The number of carbonyl (C=O) groups excluding carboxylic acids is 2. The topological polar surface area (TPSA) is 43.4 Å². The van der Waals surface area contributed by atoms with E-state index in [9.17, 15) is 9.59 Å². The number of ether oxygens (including phenoxy) is 1. The van der Waals surface area contributed by atoms with Gasteiger partial charge in [-0.2, -0.15) is 0 Å². The van der Waals surface area contributed by atoms with E-state index in [0.717, 1.165) is 0 Å². The zero-order chi connectivity index (χ0) is 7.56. The smallest absolute Gasteiger partial charge is 0.306 e. The lowest BCUT2D eigenvalue weighted by Crippen LogP contribution is -2.12. The molecular formula is C7H10O3. The van der Waals surface area contributed by atoms with Crippen molar-refractivity contribution in [2.75, 3.05) is 0 Å². The normalized spacial score (nSPS) is 27.5. The van der Waals surface area contributed by atoms with Crippen LogP contribution in [0.4, 0.5) is 0 Å². The van der Waals surface area contributed by atoms with E-state index in [1.807, 2.05) is 0 Å². The average molecular weight is 142 g/mol. The second-order valence-electron chi connectivity index (χ2n) is 2.54. The molecule has 0 aliphatic carbocycles. The maximum atomic E-state index is 10.8. The molecule has 0 bridgehead atoms. The van der Waals surface area contributed by atoms with Gasteiger partial charge in [0.25, 0.3) is 0 Å². The zero-order valence-corrected chi connectivity index (χ0v) is 5.92. The fourth-order valence-electron chi connectivity index (χ4n) is 0.989. The monoisotopic (exact) mass is 142 g/mol. The van der Waals surface area contributed by atoms with E-state index in [1.165, 1.54) is 0 Å². The van der Waals surface area contributed by atoms with E-state index in [1.54, 1.807) is 6.92 Å². The Bertz CT molecular complexity index is 144. The van der Waals surface area contributed by atoms with Gasteiger partial charge >= 0.3 is 5.97 Å². The van der Waals surface area contributed by atoms with Gasteiger partial charge in [0.2, 0.25) is 0 Å². The van der Waals surface area contributed by atoms with Gasteiger partial charge in [0.1, 0.15) is 11.9 Å². The fraction of sp³-hybridized carbons (Fsp3) is 0.714. The average Bonchev–Trinajstić information content (AvgIpc) is 1.93. The van der Waals surface area contributed by atoms with Crippen LogP contribution < -0.4 is 0 Å². The molecule has 3 heteroatoms. The quantitative estimate of drug-likeness (QED) is 0.467. The van der Waals surface area contributed by atoms with Crippen molar-refractivity contribution in [2.24, 2.45) is 0 Å². The molecule has 1 aliphatic rings. The summed E-state index contributed by atoms with van der Waals surface area (Å²) < 4.78 is 4.82. The fourth-order valence-corrected chi connectivity index (χ4v) is 0.989. The number of esters is 1. The molecule has 1 saturated heterocycles. The highest BCUT2D eigenvalue weighted by Gasteiger charge is 2.19. The number of hydrogen-bond acceptors (Lipinski definition) is 3. The predicted octanol–water partition coefficient (Wildman–Crippen LogP) is 0.671. The summed E-state index contributed by atoms with van der Waals surface area (Å²) in [5, 5.41) is 0. The van der Waals surface area contributed by atoms with Gasteiger partial charge in [0.05, 0.1) is 6.42 Å². The minimum Gasteiger partial charge on any atom is -0.462 e. The van der Waals surface area contributed by atoms with Gasteiger partial charge in [-0.3, -0.25) is 9.59 Å². The number of carbonyl (C=O) groups is 2. The standard InChI is InChI=1S/C7H10O3/c1-5-4-6(8)2-3-7(9)10-5/h5H,2-4H2,1H3. The van der Waals surface area contributed by atoms with Crippen LogP contribution in [-0.2, 0) is 14.3 Å². The van der Waals surface area contributed by atoms with E-state index in [4.69, 9.17) is 4.74 Å². The minimum atomic E-state index is -0.252. The Balaban J connectivity index is 2.54. The number of Topliss-reactive ketones (excluding diaryl/α,β-unsaturated/α-hetero) is 1. The summed E-state index contributed by atoms with van der Waals surface area (Å²) in [6.07, 6.45) is 0.764. The van der Waals surface area contributed by atoms with Crippen LogP contribution >= 0.6 is 0 Å². The van der Waals surface area contributed by atoms with Crippen molar-refractivity contribution in [3.05, 3.63) is 0 Å². The number of hydrogen-bond donors (Lipinski definition) is 0. The molecule has 0 radical (unpaired) electrons. The Kier molecular flexibility index (Phi) is 2.04. The van der Waals surface area contributed by atoms with Crippen LogP contribution in [0, 0.1) is 0 Å². The van der Waals surface area contributed by atoms with E-state index in [0.29, 0.717) is 12.8 Å². The molecule has 0 aromatic rings. The first-order chi connectivity index (χ1) is 4.68. The largest absolute Gasteiger partial charge is 0.462 e. The van der Waals surface area contributed by atoms with Crippen LogP contribution in [0.3, 0.4) is 0 Å². The highest BCUT2D eigenvalue weighted by atomic mass is 16.5. The molecule has 56 valence electrons. The number of cyclic esters (lactones) is 1. The first-order valence-electron chi connectivity index (χ1n) is 3.39. The van der Waals surface area contributed by atoms with Crippen molar-refractivity contribution < 1.29 is 14.3 Å². The summed E-state index contributed by atoms with van der Waals surface area (Å²) >= 11 is 0. The first-order valence-corrected chi connectivity index (χ1v) is 3.39. The molecule has 0 amide bonds. The van der Waals surface area contributed by atoms with Crippen molar-refractivity contribution in [3.8, 4) is 0 Å². The van der Waals surface area contributed by atoms with Gasteiger partial charge in [-0.25, -0.2) is 0 Å². The zero-order valence-electron chi connectivity index (χ0n) is 5.92. The number of ketones is 1. The molecule has 1 aliphatic heterocycles. The predicted molar refractivity (Wildman–Crippen MR) is 34.4 cm³/mol. The van der Waals surface area contributed by atoms with E-state index < -0.39 is 0 Å². The molecule has 1 heterocycles. The Hall–Kier alpha value is -0.860. The van der Waals surface area contributed by atoms with Gasteiger partial charge in [0, 0.05) is 12.8 Å². The third kappa shape index (κ3) is 1.83. The molecule has 10 heavy (non-hydrogen) atoms. The Labute approximate surface area is 59.4 Å². The molecule has 1 unspecified atom stereocenters. The lowest BCUT2D eigenvalue weighted by molar-refractivity contribution is -0.147. The van der Waals surface area contributed by atoms with Crippen molar-refractivity contribution in [3.63, 3.8) is 0 Å². The van der Waals surface area contributed by atoms with Crippen molar-refractivity contribution in [1.82, 2.24) is 0 Å². The highest BCUT2D eigenvalue weighted by molar-refractivity contribution is 5.85. The summed E-state index contributed by atoms with van der Waals surface area (Å²) in [6.45, 7) is 1.74. The van der Waals surface area contributed by atoms with Crippen LogP contribution in [0.2, 0.25) is 0 Å². The molecule has 1 atom stereocenters. The maximum absolute atomic E-state index is 10.8. The first kappa shape index (κ1) is 7.25. The SMILES string of the molecule is CC1CC(=O)CCC(=O)O1. The van der Waals surface area contributed by atoms with Crippen molar-refractivity contribution in [1.29, 1.82) is 0 Å². The number of rotatable bonds is 0. The summed E-state index contributed by atoms with van der Waals surface area (Å²) in [4.78, 5) is 21.5. The van der Waals surface area contributed by atoms with E-state index in [-0.39, 0.29) is 24.3 Å². The second-order valence-corrected chi connectivity index (χ2v) is 2.54. The van der Waals surface area contributed by atoms with Crippen molar-refractivity contribution in [2.45, 2.75) is 32.3 Å². The third-order valence-electron chi connectivity index (χ3n) is 1.46. The van der Waals surface area contributed by atoms with Crippen LogP contribution in [0.15, 0.2) is 0 Å². The van der Waals surface area contributed by atoms with Crippen LogP contribution in [0.1, 0.15) is 26.2 Å². The van der Waals surface area contributed by atoms with Crippen LogP contribution in [-0.4, -0.2) is 17.9 Å². The molecular weight excluding hydrogens is 132 g/mol. The van der Waals surface area contributed by atoms with Crippen molar-refractivity contribution >= 4 is 11.8 Å². The maximum Gasteiger partial charge on any atom is 0.306 e. The third-order valence-corrected chi connectivity index (χ3v) is 1.46. The van der Waals surface area contributed by atoms with Gasteiger partial charge in [-0.15, -0.1) is 0 Å². The van der Waals surface area contributed by atoms with Gasteiger partial charge in [-0.1, -0.05) is 0 Å².